The summed E-state index contributed by atoms with van der Waals surface area (Å²) in [5.41, 5.74) is 1.46. The van der Waals surface area contributed by atoms with Gasteiger partial charge in [0.25, 0.3) is 0 Å². The van der Waals surface area contributed by atoms with Crippen molar-refractivity contribution in [3.8, 4) is 5.75 Å². The van der Waals surface area contributed by atoms with E-state index in [1.54, 1.807) is 0 Å². The topological polar surface area (TPSA) is 9.23 Å². The molecule has 1 aromatic rings. The van der Waals surface area contributed by atoms with Gasteiger partial charge in [0.05, 0.1) is 6.61 Å². The van der Waals surface area contributed by atoms with Crippen LogP contribution in [-0.2, 0) is 6.42 Å². The molecule has 0 atom stereocenters. The maximum Gasteiger partial charge on any atom is 0.119 e. The first-order valence-electron chi connectivity index (χ1n) is 13.5. The molecule has 0 bridgehead atoms. The fraction of sp³-hybridized carbons (Fsp3) is 0.793. The van der Waals surface area contributed by atoms with Gasteiger partial charge >= 0.3 is 0 Å². The molecule has 1 nitrogen and oxygen atoms in total. The molecule has 0 aromatic heterocycles. The molecule has 0 spiro atoms. The third kappa shape index (κ3) is 11.4. The van der Waals surface area contributed by atoms with E-state index in [0.717, 1.165) is 24.2 Å². The maximum atomic E-state index is 6.02. The van der Waals surface area contributed by atoms with Crippen molar-refractivity contribution in [3.63, 3.8) is 0 Å². The van der Waals surface area contributed by atoms with Crippen molar-refractivity contribution in [2.45, 2.75) is 129 Å². The number of aryl methyl sites for hydroxylation is 1. The van der Waals surface area contributed by atoms with Crippen LogP contribution in [0.15, 0.2) is 24.3 Å². The minimum Gasteiger partial charge on any atom is -0.494 e. The van der Waals surface area contributed by atoms with Crippen LogP contribution in [0.4, 0.5) is 0 Å². The molecule has 172 valence electrons. The van der Waals surface area contributed by atoms with Crippen LogP contribution < -0.4 is 4.74 Å². The van der Waals surface area contributed by atoms with Crippen LogP contribution in [0.3, 0.4) is 0 Å². The van der Waals surface area contributed by atoms with Gasteiger partial charge < -0.3 is 4.74 Å². The Morgan fingerprint density at radius 2 is 1.17 bits per heavy atom. The van der Waals surface area contributed by atoms with E-state index in [4.69, 9.17) is 4.74 Å². The summed E-state index contributed by atoms with van der Waals surface area (Å²) in [4.78, 5) is 0. The fourth-order valence-corrected chi connectivity index (χ4v) is 5.09. The smallest absolute Gasteiger partial charge is 0.119 e. The molecule has 1 aliphatic carbocycles. The second-order valence-electron chi connectivity index (χ2n) is 9.89. The van der Waals surface area contributed by atoms with Gasteiger partial charge in [0, 0.05) is 0 Å². The largest absolute Gasteiger partial charge is 0.494 e. The third-order valence-corrected chi connectivity index (χ3v) is 7.20. The van der Waals surface area contributed by atoms with Gasteiger partial charge in [-0.05, 0) is 55.2 Å². The summed E-state index contributed by atoms with van der Waals surface area (Å²) >= 11 is 0. The Morgan fingerprint density at radius 1 is 0.633 bits per heavy atom. The lowest BCUT2D eigenvalue weighted by atomic mass is 9.78. The van der Waals surface area contributed by atoms with Gasteiger partial charge in [0.2, 0.25) is 0 Å². The zero-order chi connectivity index (χ0) is 21.3. The van der Waals surface area contributed by atoms with Crippen LogP contribution in [0.5, 0.6) is 5.75 Å². The van der Waals surface area contributed by atoms with E-state index >= 15 is 0 Å². The number of ether oxygens (including phenoxy) is 1. The average Bonchev–Trinajstić information content (AvgIpc) is 2.78. The number of hydrogen-bond donors (Lipinski definition) is 0. The van der Waals surface area contributed by atoms with Gasteiger partial charge in [-0.25, -0.2) is 0 Å². The predicted molar refractivity (Wildman–Crippen MR) is 132 cm³/mol. The van der Waals surface area contributed by atoms with Crippen molar-refractivity contribution in [2.24, 2.45) is 11.8 Å². The Hall–Kier alpha value is -0.980. The number of hydrogen-bond acceptors (Lipinski definition) is 1. The van der Waals surface area contributed by atoms with Gasteiger partial charge in [0.1, 0.15) is 5.75 Å². The summed E-state index contributed by atoms with van der Waals surface area (Å²) in [5.74, 6) is 3.04. The van der Waals surface area contributed by atoms with Gasteiger partial charge in [-0.2, -0.15) is 0 Å². The molecule has 1 saturated carbocycles. The molecule has 0 heterocycles. The first-order chi connectivity index (χ1) is 14.8. The van der Waals surface area contributed by atoms with E-state index in [2.05, 4.69) is 38.1 Å². The van der Waals surface area contributed by atoms with E-state index in [-0.39, 0.29) is 0 Å². The van der Waals surface area contributed by atoms with Crippen molar-refractivity contribution < 1.29 is 4.74 Å². The second kappa shape index (κ2) is 16.7. The highest BCUT2D eigenvalue weighted by atomic mass is 16.5. The van der Waals surface area contributed by atoms with Gasteiger partial charge in [0.15, 0.2) is 0 Å². The standard InChI is InChI=1S/C29H50O/c1-3-5-7-8-9-10-12-15-27-21-23-29(24-22-27)30-25-13-16-28-19-17-26(18-20-28)14-11-6-4-2/h21-24,26,28H,3-20,25H2,1-2H3/t26-,28-. The van der Waals surface area contributed by atoms with Crippen LogP contribution in [-0.4, -0.2) is 6.61 Å². The molecule has 0 N–H and O–H groups in total. The third-order valence-electron chi connectivity index (χ3n) is 7.20. The Balaban J connectivity index is 1.48. The summed E-state index contributed by atoms with van der Waals surface area (Å²) in [7, 11) is 0. The van der Waals surface area contributed by atoms with Gasteiger partial charge in [-0.3, -0.25) is 0 Å². The lowest BCUT2D eigenvalue weighted by Crippen LogP contribution is -2.15. The Labute approximate surface area is 188 Å². The van der Waals surface area contributed by atoms with Crippen LogP contribution in [0.1, 0.15) is 129 Å². The summed E-state index contributed by atoms with van der Waals surface area (Å²) in [6, 6.07) is 8.90. The zero-order valence-electron chi connectivity index (χ0n) is 20.3. The summed E-state index contributed by atoms with van der Waals surface area (Å²) < 4.78 is 6.02. The van der Waals surface area contributed by atoms with E-state index in [1.165, 1.54) is 121 Å². The Kier molecular flexibility index (Phi) is 14.1. The van der Waals surface area contributed by atoms with E-state index in [0.29, 0.717) is 0 Å². The molecule has 30 heavy (non-hydrogen) atoms. The predicted octanol–water partition coefficient (Wildman–Crippen LogP) is 9.53. The molecular weight excluding hydrogens is 364 g/mol. The monoisotopic (exact) mass is 414 g/mol. The van der Waals surface area contributed by atoms with Gasteiger partial charge in [-0.1, -0.05) is 116 Å². The summed E-state index contributed by atoms with van der Waals surface area (Å²) in [6.07, 6.45) is 25.1. The molecule has 0 unspecified atom stereocenters. The van der Waals surface area contributed by atoms with Crippen molar-refractivity contribution in [2.75, 3.05) is 6.61 Å². The highest BCUT2D eigenvalue weighted by Crippen LogP contribution is 2.34. The summed E-state index contributed by atoms with van der Waals surface area (Å²) in [6.45, 7) is 5.48. The van der Waals surface area contributed by atoms with Crippen molar-refractivity contribution in [1.82, 2.24) is 0 Å². The SMILES string of the molecule is CCCCCCCCCc1ccc(OCCC[C@H]2CC[C@H](CCCCC)CC2)cc1. The first-order valence-corrected chi connectivity index (χ1v) is 13.5. The van der Waals surface area contributed by atoms with Crippen LogP contribution >= 0.6 is 0 Å². The molecule has 1 fully saturated rings. The van der Waals surface area contributed by atoms with E-state index in [1.807, 2.05) is 0 Å². The molecule has 1 aromatic carbocycles. The zero-order valence-corrected chi connectivity index (χ0v) is 20.3. The lowest BCUT2D eigenvalue weighted by Gasteiger charge is -2.28. The minimum absolute atomic E-state index is 0.882. The first kappa shape index (κ1) is 25.3. The molecule has 0 aliphatic heterocycles. The normalized spacial score (nSPS) is 19.1. The molecular formula is C29H50O. The van der Waals surface area contributed by atoms with E-state index < -0.39 is 0 Å². The average molecular weight is 415 g/mol. The molecule has 0 saturated heterocycles. The van der Waals surface area contributed by atoms with E-state index in [9.17, 15) is 0 Å². The summed E-state index contributed by atoms with van der Waals surface area (Å²) in [5, 5.41) is 0. The fourth-order valence-electron chi connectivity index (χ4n) is 5.09. The van der Waals surface area contributed by atoms with Crippen LogP contribution in [0, 0.1) is 11.8 Å². The van der Waals surface area contributed by atoms with Crippen molar-refractivity contribution in [1.29, 1.82) is 0 Å². The highest BCUT2D eigenvalue weighted by Gasteiger charge is 2.20. The molecule has 2 rings (SSSR count). The van der Waals surface area contributed by atoms with Crippen molar-refractivity contribution >= 4 is 0 Å². The molecule has 0 radical (unpaired) electrons. The number of unbranched alkanes of at least 4 members (excludes halogenated alkanes) is 8. The highest BCUT2D eigenvalue weighted by molar-refractivity contribution is 5.27. The van der Waals surface area contributed by atoms with Gasteiger partial charge in [-0.15, -0.1) is 0 Å². The maximum absolute atomic E-state index is 6.02. The number of benzene rings is 1. The Bertz CT molecular complexity index is 498. The van der Waals surface area contributed by atoms with Crippen LogP contribution in [0.2, 0.25) is 0 Å². The second-order valence-corrected chi connectivity index (χ2v) is 9.89. The molecule has 1 heteroatoms. The van der Waals surface area contributed by atoms with Crippen molar-refractivity contribution in [3.05, 3.63) is 29.8 Å². The Morgan fingerprint density at radius 3 is 1.80 bits per heavy atom. The lowest BCUT2D eigenvalue weighted by molar-refractivity contribution is 0.228. The minimum atomic E-state index is 0.882. The number of rotatable bonds is 17. The quantitative estimate of drug-likeness (QED) is 0.231. The molecule has 0 amide bonds. The van der Waals surface area contributed by atoms with Crippen LogP contribution in [0.25, 0.3) is 0 Å². The molecule has 1 aliphatic rings.